The number of fused-ring (bicyclic) bond motifs is 1. The first-order valence-electron chi connectivity index (χ1n) is 3.32. The van der Waals surface area contributed by atoms with E-state index in [9.17, 15) is 0 Å². The minimum atomic E-state index is 0.0994. The van der Waals surface area contributed by atoms with Gasteiger partial charge in [-0.05, 0) is 0 Å². The molecule has 0 saturated heterocycles. The van der Waals surface area contributed by atoms with Crippen LogP contribution in [0, 0.1) is 0 Å². The Bertz CT molecular complexity index is 393. The topological polar surface area (TPSA) is 30.2 Å². The molecule has 2 rings (SSSR count). The third-order valence-electron chi connectivity index (χ3n) is 1.51. The molecule has 0 radical (unpaired) electrons. The fourth-order valence-electron chi connectivity index (χ4n) is 0.936. The van der Waals surface area contributed by atoms with Crippen molar-refractivity contribution in [2.45, 2.75) is 0 Å². The van der Waals surface area contributed by atoms with Gasteiger partial charge >= 0.3 is 69.5 Å². The van der Waals surface area contributed by atoms with Gasteiger partial charge < -0.3 is 0 Å². The maximum atomic E-state index is 4.15. The Balaban J connectivity index is 2.76. The zero-order valence-corrected chi connectivity index (χ0v) is 7.09. The SMILES string of the molecule is [CH2]=[Al][c]1cnn2ccnc2c1. The molecule has 0 spiro atoms. The van der Waals surface area contributed by atoms with Crippen LogP contribution in [-0.4, -0.2) is 34.8 Å². The summed E-state index contributed by atoms with van der Waals surface area (Å²) in [6.45, 7) is 0. The molecule has 0 atom stereocenters. The fraction of sp³-hybridized carbons (Fsp3) is 0. The molecule has 0 amide bonds. The van der Waals surface area contributed by atoms with Crippen LogP contribution in [0.1, 0.15) is 0 Å². The zero-order valence-electron chi connectivity index (χ0n) is 5.94. The quantitative estimate of drug-likeness (QED) is 0.524. The van der Waals surface area contributed by atoms with Crippen molar-refractivity contribution in [1.82, 2.24) is 14.6 Å². The molecule has 2 aromatic rings. The molecule has 11 heavy (non-hydrogen) atoms. The fourth-order valence-corrected chi connectivity index (χ4v) is 1.38. The van der Waals surface area contributed by atoms with E-state index in [1.54, 1.807) is 10.7 Å². The Hall–Kier alpha value is -0.978. The number of hydrogen-bond donors (Lipinski definition) is 0. The minimum absolute atomic E-state index is 0.0994. The Morgan fingerprint density at radius 1 is 1.55 bits per heavy atom. The van der Waals surface area contributed by atoms with Crippen molar-refractivity contribution >= 4 is 30.2 Å². The third kappa shape index (κ3) is 1.11. The average Bonchev–Trinajstić information content (AvgIpc) is 2.50. The summed E-state index contributed by atoms with van der Waals surface area (Å²) in [7, 11) is 0. The predicted molar refractivity (Wildman–Crippen MR) is 45.5 cm³/mol. The molecule has 0 fully saturated rings. The van der Waals surface area contributed by atoms with Crippen molar-refractivity contribution in [3.8, 4) is 0 Å². The van der Waals surface area contributed by atoms with E-state index in [2.05, 4.69) is 15.5 Å². The van der Waals surface area contributed by atoms with Gasteiger partial charge in [0.05, 0.1) is 0 Å². The predicted octanol–water partition coefficient (Wildman–Crippen LogP) is -0.509. The molecule has 3 nitrogen and oxygen atoms in total. The molecule has 0 aliphatic carbocycles. The Labute approximate surface area is 69.9 Å². The Kier molecular flexibility index (Phi) is 1.57. The van der Waals surface area contributed by atoms with E-state index in [1.807, 2.05) is 18.5 Å². The first-order chi connectivity index (χ1) is 5.40. The van der Waals surface area contributed by atoms with E-state index in [4.69, 9.17) is 0 Å². The van der Waals surface area contributed by atoms with Crippen molar-refractivity contribution in [3.05, 3.63) is 24.7 Å². The number of nitrogens with zero attached hydrogens (tertiary/aromatic N) is 3. The van der Waals surface area contributed by atoms with Crippen molar-refractivity contribution in [3.63, 3.8) is 0 Å². The van der Waals surface area contributed by atoms with Crippen LogP contribution in [0.25, 0.3) is 5.65 Å². The van der Waals surface area contributed by atoms with Gasteiger partial charge in [-0.3, -0.25) is 0 Å². The van der Waals surface area contributed by atoms with Crippen LogP contribution < -0.4 is 4.43 Å². The summed E-state index contributed by atoms with van der Waals surface area (Å²) in [5.41, 5.74) is 0.902. The van der Waals surface area contributed by atoms with Gasteiger partial charge in [-0.1, -0.05) is 0 Å². The second kappa shape index (κ2) is 2.57. The molecule has 4 heteroatoms. The Morgan fingerprint density at radius 2 is 2.45 bits per heavy atom. The summed E-state index contributed by atoms with van der Waals surface area (Å²) in [5.74, 6) is 0. The average molecular weight is 159 g/mol. The van der Waals surface area contributed by atoms with Gasteiger partial charge in [0.1, 0.15) is 0 Å². The number of imidazole rings is 1. The van der Waals surface area contributed by atoms with Gasteiger partial charge in [0.2, 0.25) is 0 Å². The van der Waals surface area contributed by atoms with Gasteiger partial charge in [-0.15, -0.1) is 0 Å². The summed E-state index contributed by atoms with van der Waals surface area (Å²) < 4.78 is 2.95. The molecular formula is C7H6AlN3. The first-order valence-corrected chi connectivity index (χ1v) is 4.71. The van der Waals surface area contributed by atoms with Crippen molar-refractivity contribution in [2.24, 2.45) is 0 Å². The van der Waals surface area contributed by atoms with Gasteiger partial charge in [-0.2, -0.15) is 0 Å². The van der Waals surface area contributed by atoms with E-state index in [1.165, 1.54) is 4.43 Å². The molecular weight excluding hydrogens is 153 g/mol. The zero-order chi connectivity index (χ0) is 7.68. The molecule has 0 aliphatic heterocycles. The van der Waals surface area contributed by atoms with E-state index in [0.29, 0.717) is 0 Å². The summed E-state index contributed by atoms with van der Waals surface area (Å²) in [5, 5.41) is 8.00. The summed E-state index contributed by atoms with van der Waals surface area (Å²) in [6, 6.07) is 2.02. The van der Waals surface area contributed by atoms with Gasteiger partial charge in [0.25, 0.3) is 0 Å². The second-order valence-corrected chi connectivity index (χ2v) is 3.30. The molecule has 0 aromatic carbocycles. The normalized spacial score (nSPS) is 9.82. The molecule has 2 heterocycles. The number of aromatic nitrogens is 3. The van der Waals surface area contributed by atoms with Crippen LogP contribution in [-0.2, 0) is 0 Å². The van der Waals surface area contributed by atoms with Gasteiger partial charge in [-0.25, -0.2) is 0 Å². The summed E-state index contributed by atoms with van der Waals surface area (Å²) in [4.78, 5) is 4.11. The van der Waals surface area contributed by atoms with Crippen molar-refractivity contribution in [1.29, 1.82) is 0 Å². The molecule has 0 bridgehead atoms. The Morgan fingerprint density at radius 3 is 3.27 bits per heavy atom. The van der Waals surface area contributed by atoms with E-state index >= 15 is 0 Å². The first kappa shape index (κ1) is 6.72. The van der Waals surface area contributed by atoms with Crippen LogP contribution in [0.3, 0.4) is 0 Å². The number of rotatable bonds is 1. The monoisotopic (exact) mass is 159 g/mol. The molecule has 0 N–H and O–H groups in total. The van der Waals surface area contributed by atoms with Crippen LogP contribution >= 0.6 is 0 Å². The van der Waals surface area contributed by atoms with Crippen LogP contribution in [0.2, 0.25) is 0 Å². The summed E-state index contributed by atoms with van der Waals surface area (Å²) in [6.07, 6.45) is 5.42. The van der Waals surface area contributed by atoms with Gasteiger partial charge in [0, 0.05) is 0 Å². The van der Waals surface area contributed by atoms with E-state index in [0.717, 1.165) is 5.65 Å². The van der Waals surface area contributed by atoms with Crippen molar-refractivity contribution < 1.29 is 0 Å². The number of hydrogen-bond acceptors (Lipinski definition) is 2. The molecule has 0 saturated carbocycles. The van der Waals surface area contributed by atoms with Gasteiger partial charge in [0.15, 0.2) is 0 Å². The van der Waals surface area contributed by atoms with E-state index in [-0.39, 0.29) is 14.8 Å². The van der Waals surface area contributed by atoms with Crippen LogP contribution in [0.15, 0.2) is 24.7 Å². The third-order valence-corrected chi connectivity index (χ3v) is 2.30. The molecule has 0 unspecified atom stereocenters. The van der Waals surface area contributed by atoms with Crippen LogP contribution in [0.4, 0.5) is 0 Å². The van der Waals surface area contributed by atoms with Crippen molar-refractivity contribution in [2.75, 3.05) is 0 Å². The molecule has 52 valence electrons. The molecule has 2 aromatic heterocycles. The summed E-state index contributed by atoms with van der Waals surface area (Å²) >= 11 is 0.0994. The second-order valence-electron chi connectivity index (χ2n) is 2.22. The van der Waals surface area contributed by atoms with Crippen LogP contribution in [0.5, 0.6) is 0 Å². The standard InChI is InChI=1S/C6H4N3.CH2.Al/c1-2-6-7-4-5-9(6)8-3-1;;/h2-5H;1H2;. The van der Waals surface area contributed by atoms with E-state index < -0.39 is 0 Å². The maximum absolute atomic E-state index is 4.15. The molecule has 0 aliphatic rings.